The first kappa shape index (κ1) is 13.1. The van der Waals surface area contributed by atoms with Crippen molar-refractivity contribution in [3.8, 4) is 10.4 Å². The Hall–Kier alpha value is -1.94. The Balaban J connectivity index is 2.19. The molecule has 0 bridgehead atoms. The fraction of sp³-hybridized carbons (Fsp3) is 0.250. The molecule has 3 rings (SSSR count). The zero-order valence-electron chi connectivity index (χ0n) is 11.8. The highest BCUT2D eigenvalue weighted by molar-refractivity contribution is 7.20. The van der Waals surface area contributed by atoms with E-state index in [1.54, 1.807) is 11.3 Å². The summed E-state index contributed by atoms with van der Waals surface area (Å²) < 4.78 is 1.90. The topological polar surface area (TPSA) is 34.4 Å². The fourth-order valence-corrected chi connectivity index (χ4v) is 3.26. The Morgan fingerprint density at radius 3 is 2.50 bits per heavy atom. The van der Waals surface area contributed by atoms with Crippen LogP contribution >= 0.6 is 11.3 Å². The van der Waals surface area contributed by atoms with Crippen LogP contribution < -0.4 is 0 Å². The van der Waals surface area contributed by atoms with E-state index in [4.69, 9.17) is 0 Å². The average Bonchev–Trinajstić information content (AvgIpc) is 2.95. The lowest BCUT2D eigenvalue weighted by Gasteiger charge is -2.15. The summed E-state index contributed by atoms with van der Waals surface area (Å²) in [4.78, 5) is 18.1. The second-order valence-corrected chi connectivity index (χ2v) is 6.84. The lowest BCUT2D eigenvalue weighted by atomic mass is 9.91. The lowest BCUT2D eigenvalue weighted by Crippen LogP contribution is -2.14. The van der Waals surface area contributed by atoms with Crippen molar-refractivity contribution in [3.05, 3.63) is 47.9 Å². The van der Waals surface area contributed by atoms with Crippen LogP contribution in [0.25, 0.3) is 15.4 Å². The van der Waals surface area contributed by atoms with Crippen molar-refractivity contribution in [3.63, 3.8) is 0 Å². The number of hydrogen-bond acceptors (Lipinski definition) is 3. The van der Waals surface area contributed by atoms with Gasteiger partial charge >= 0.3 is 0 Å². The molecule has 0 aliphatic rings. The molecule has 0 aliphatic heterocycles. The number of nitrogens with zero attached hydrogens (tertiary/aromatic N) is 2. The van der Waals surface area contributed by atoms with Gasteiger partial charge in [-0.3, -0.25) is 9.20 Å². The van der Waals surface area contributed by atoms with Crippen molar-refractivity contribution < 1.29 is 4.79 Å². The van der Waals surface area contributed by atoms with Crippen LogP contribution in [0.2, 0.25) is 0 Å². The molecule has 3 nitrogen and oxygen atoms in total. The Morgan fingerprint density at radius 1 is 1.20 bits per heavy atom. The van der Waals surface area contributed by atoms with E-state index in [2.05, 4.69) is 37.9 Å². The van der Waals surface area contributed by atoms with Crippen molar-refractivity contribution in [2.24, 2.45) is 0 Å². The predicted octanol–water partition coefficient (Wildman–Crippen LogP) is 4.17. The van der Waals surface area contributed by atoms with E-state index in [0.717, 1.165) is 27.4 Å². The zero-order chi connectivity index (χ0) is 14.3. The van der Waals surface area contributed by atoms with Crippen molar-refractivity contribution in [2.45, 2.75) is 26.2 Å². The molecule has 2 aromatic heterocycles. The normalized spacial score (nSPS) is 11.9. The summed E-state index contributed by atoms with van der Waals surface area (Å²) in [7, 11) is 0. The monoisotopic (exact) mass is 284 g/mol. The molecule has 0 saturated carbocycles. The first-order valence-electron chi connectivity index (χ1n) is 6.53. The van der Waals surface area contributed by atoms with Crippen LogP contribution in [-0.2, 0) is 5.41 Å². The molecule has 3 aromatic rings. The van der Waals surface area contributed by atoms with Crippen molar-refractivity contribution in [1.29, 1.82) is 0 Å². The van der Waals surface area contributed by atoms with Crippen LogP contribution in [0.1, 0.15) is 37.0 Å². The number of carbonyl (C=O) groups is 1. The van der Waals surface area contributed by atoms with E-state index in [9.17, 15) is 4.79 Å². The van der Waals surface area contributed by atoms with Gasteiger partial charge in [-0.1, -0.05) is 62.4 Å². The molecule has 0 unspecified atom stereocenters. The van der Waals surface area contributed by atoms with E-state index in [-0.39, 0.29) is 5.41 Å². The van der Waals surface area contributed by atoms with Gasteiger partial charge in [0.1, 0.15) is 5.69 Å². The second kappa shape index (κ2) is 4.56. The van der Waals surface area contributed by atoms with Gasteiger partial charge in [0.2, 0.25) is 0 Å². The summed E-state index contributed by atoms with van der Waals surface area (Å²) in [6.45, 7) is 6.22. The highest BCUT2D eigenvalue weighted by Gasteiger charge is 2.24. The quantitative estimate of drug-likeness (QED) is 0.662. The molecule has 0 amide bonds. The van der Waals surface area contributed by atoms with E-state index in [1.165, 1.54) is 0 Å². The number of aromatic nitrogens is 2. The molecule has 2 heterocycles. The largest absolute Gasteiger partial charge is 0.296 e. The van der Waals surface area contributed by atoms with Crippen LogP contribution in [0.5, 0.6) is 0 Å². The molecule has 0 atom stereocenters. The van der Waals surface area contributed by atoms with Crippen LogP contribution in [0.15, 0.2) is 36.5 Å². The maximum atomic E-state index is 11.4. The number of aldehydes is 1. The summed E-state index contributed by atoms with van der Waals surface area (Å²) in [5.74, 6) is 0. The maximum absolute atomic E-state index is 11.4. The molecule has 0 radical (unpaired) electrons. The molecule has 0 N–H and O–H groups in total. The molecule has 0 aliphatic carbocycles. The second-order valence-electron chi connectivity index (χ2n) is 5.83. The summed E-state index contributed by atoms with van der Waals surface area (Å²) in [5.41, 5.74) is 2.54. The van der Waals surface area contributed by atoms with Gasteiger partial charge in [0.05, 0.1) is 10.6 Å². The van der Waals surface area contributed by atoms with Crippen LogP contribution in [-0.4, -0.2) is 15.7 Å². The highest BCUT2D eigenvalue weighted by Crippen LogP contribution is 2.32. The molecular weight excluding hydrogens is 268 g/mol. The Morgan fingerprint density at radius 2 is 1.90 bits per heavy atom. The maximum Gasteiger partial charge on any atom is 0.195 e. The Kier molecular flexibility index (Phi) is 2.98. The average molecular weight is 284 g/mol. The molecule has 20 heavy (non-hydrogen) atoms. The van der Waals surface area contributed by atoms with Crippen LogP contribution in [0.4, 0.5) is 0 Å². The lowest BCUT2D eigenvalue weighted by molar-refractivity contribution is 0.111. The van der Waals surface area contributed by atoms with Gasteiger partial charge in [0.25, 0.3) is 0 Å². The summed E-state index contributed by atoms with van der Waals surface area (Å²) in [6, 6.07) is 10.2. The van der Waals surface area contributed by atoms with Gasteiger partial charge in [-0.25, -0.2) is 4.98 Å². The molecular formula is C16H16N2OS. The Labute approximate surface area is 121 Å². The van der Waals surface area contributed by atoms with Gasteiger partial charge in [0, 0.05) is 11.6 Å². The Bertz CT molecular complexity index is 763. The van der Waals surface area contributed by atoms with Gasteiger partial charge in [-0.2, -0.15) is 0 Å². The number of benzene rings is 1. The number of imidazole rings is 1. The van der Waals surface area contributed by atoms with E-state index >= 15 is 0 Å². The number of hydrogen-bond donors (Lipinski definition) is 0. The summed E-state index contributed by atoms with van der Waals surface area (Å²) >= 11 is 1.61. The predicted molar refractivity (Wildman–Crippen MR) is 82.6 cm³/mol. The first-order chi connectivity index (χ1) is 9.50. The van der Waals surface area contributed by atoms with Gasteiger partial charge in [0.15, 0.2) is 11.2 Å². The molecule has 4 heteroatoms. The van der Waals surface area contributed by atoms with Crippen molar-refractivity contribution >= 4 is 22.6 Å². The van der Waals surface area contributed by atoms with Gasteiger partial charge in [-0.05, 0) is 5.56 Å². The molecule has 0 saturated heterocycles. The minimum Gasteiger partial charge on any atom is -0.296 e. The first-order valence-corrected chi connectivity index (χ1v) is 7.35. The third-order valence-corrected chi connectivity index (χ3v) is 4.28. The standard InChI is InChI=1S/C16H16N2OS/c1-16(2,3)14-12(10-19)18-9-13(20-15(18)17-14)11-7-5-4-6-8-11/h4-10H,1-3H3. The van der Waals surface area contributed by atoms with Crippen LogP contribution in [0, 0.1) is 0 Å². The van der Waals surface area contributed by atoms with Gasteiger partial charge in [-0.15, -0.1) is 0 Å². The molecule has 1 aromatic carbocycles. The SMILES string of the molecule is CC(C)(C)c1nc2sc(-c3ccccc3)cn2c1C=O. The molecule has 102 valence electrons. The highest BCUT2D eigenvalue weighted by atomic mass is 32.1. The molecule has 0 fully saturated rings. The smallest absolute Gasteiger partial charge is 0.195 e. The fourth-order valence-electron chi connectivity index (χ4n) is 2.26. The number of rotatable bonds is 2. The number of fused-ring (bicyclic) bond motifs is 1. The number of thiazole rings is 1. The van der Waals surface area contributed by atoms with Gasteiger partial charge < -0.3 is 0 Å². The third kappa shape index (κ3) is 2.06. The third-order valence-electron chi connectivity index (χ3n) is 3.24. The van der Waals surface area contributed by atoms with E-state index in [1.807, 2.05) is 28.8 Å². The number of carbonyl (C=O) groups excluding carboxylic acids is 1. The summed E-state index contributed by atoms with van der Waals surface area (Å²) in [6.07, 6.45) is 2.91. The van der Waals surface area contributed by atoms with E-state index < -0.39 is 0 Å². The van der Waals surface area contributed by atoms with Crippen molar-refractivity contribution in [2.75, 3.05) is 0 Å². The minimum atomic E-state index is -0.130. The summed E-state index contributed by atoms with van der Waals surface area (Å²) in [5, 5.41) is 0. The zero-order valence-corrected chi connectivity index (χ0v) is 12.6. The molecule has 0 spiro atoms. The minimum absolute atomic E-state index is 0.130. The van der Waals surface area contributed by atoms with E-state index in [0.29, 0.717) is 5.69 Å². The van der Waals surface area contributed by atoms with Crippen LogP contribution in [0.3, 0.4) is 0 Å². The van der Waals surface area contributed by atoms with Crippen molar-refractivity contribution in [1.82, 2.24) is 9.38 Å².